The van der Waals surface area contributed by atoms with Crippen molar-refractivity contribution in [2.24, 2.45) is 0 Å². The van der Waals surface area contributed by atoms with Gasteiger partial charge in [0.05, 0.1) is 5.56 Å². The molecule has 102 valence electrons. The van der Waals surface area contributed by atoms with Gasteiger partial charge in [-0.25, -0.2) is 0 Å². The molecule has 1 heterocycles. The third-order valence-electron chi connectivity index (χ3n) is 2.83. The lowest BCUT2D eigenvalue weighted by Gasteiger charge is -2.11. The quantitative estimate of drug-likeness (QED) is 0.802. The number of hydrogen-bond donors (Lipinski definition) is 0. The first-order chi connectivity index (χ1) is 9.34. The van der Waals surface area contributed by atoms with E-state index in [1.807, 2.05) is 0 Å². The van der Waals surface area contributed by atoms with Crippen molar-refractivity contribution in [1.29, 1.82) is 5.26 Å². The van der Waals surface area contributed by atoms with Crippen LogP contribution in [0.1, 0.15) is 27.2 Å². The Morgan fingerprint density at radius 2 is 1.95 bits per heavy atom. The molecule has 3 nitrogen and oxygen atoms in total. The molecule has 1 aromatic heterocycles. The highest BCUT2D eigenvalue weighted by Gasteiger charge is 2.36. The number of nitrogens with zero attached hydrogens (tertiary/aromatic N) is 2. The second kappa shape index (κ2) is 4.85. The maximum atomic E-state index is 12.9. The molecule has 0 saturated heterocycles. The number of hydrogen-bond acceptors (Lipinski definition) is 2. The van der Waals surface area contributed by atoms with Gasteiger partial charge in [0, 0.05) is 11.8 Å². The maximum Gasteiger partial charge on any atom is 0.431 e. The van der Waals surface area contributed by atoms with Crippen molar-refractivity contribution >= 4 is 5.91 Å². The van der Waals surface area contributed by atoms with Crippen molar-refractivity contribution in [2.45, 2.75) is 13.1 Å². The Kier molecular flexibility index (Phi) is 3.36. The third kappa shape index (κ3) is 2.43. The molecule has 0 saturated carbocycles. The van der Waals surface area contributed by atoms with E-state index >= 15 is 0 Å². The fraction of sp³-hybridized carbons (Fsp3) is 0.143. The molecule has 0 aliphatic rings. The first-order valence-corrected chi connectivity index (χ1v) is 5.64. The number of aryl methyl sites for hydroxylation is 1. The molecule has 0 aliphatic heterocycles. The zero-order valence-corrected chi connectivity index (χ0v) is 10.4. The largest absolute Gasteiger partial charge is 0.431 e. The summed E-state index contributed by atoms with van der Waals surface area (Å²) in [6, 6.07) is 8.61. The SMILES string of the molecule is Cc1ccccc1C(=O)n1cc(C#N)cc1C(F)(F)F. The number of nitriles is 1. The number of benzene rings is 1. The van der Waals surface area contributed by atoms with Crippen LogP contribution < -0.4 is 0 Å². The van der Waals surface area contributed by atoms with E-state index in [0.717, 1.165) is 6.20 Å². The predicted molar refractivity (Wildman–Crippen MR) is 65.1 cm³/mol. The highest BCUT2D eigenvalue weighted by atomic mass is 19.4. The molecule has 6 heteroatoms. The van der Waals surface area contributed by atoms with Crippen LogP contribution in [0.3, 0.4) is 0 Å². The molecule has 0 unspecified atom stereocenters. The fourth-order valence-corrected chi connectivity index (χ4v) is 1.85. The summed E-state index contributed by atoms with van der Waals surface area (Å²) in [5.74, 6) is -0.808. The van der Waals surface area contributed by atoms with Gasteiger partial charge in [-0.3, -0.25) is 9.36 Å². The number of halogens is 3. The van der Waals surface area contributed by atoms with Crippen molar-refractivity contribution < 1.29 is 18.0 Å². The lowest BCUT2D eigenvalue weighted by molar-refractivity contribution is -0.142. The average molecular weight is 278 g/mol. The van der Waals surface area contributed by atoms with Gasteiger partial charge < -0.3 is 0 Å². The van der Waals surface area contributed by atoms with Crippen LogP contribution in [0.25, 0.3) is 0 Å². The van der Waals surface area contributed by atoms with Gasteiger partial charge in [-0.2, -0.15) is 18.4 Å². The summed E-state index contributed by atoms with van der Waals surface area (Å²) in [5.41, 5.74) is -0.627. The van der Waals surface area contributed by atoms with Crippen LogP contribution in [0, 0.1) is 18.3 Å². The summed E-state index contributed by atoms with van der Waals surface area (Å²) in [6.45, 7) is 1.63. The van der Waals surface area contributed by atoms with Gasteiger partial charge in [-0.05, 0) is 24.6 Å². The number of aromatic nitrogens is 1. The van der Waals surface area contributed by atoms with Crippen LogP contribution in [0.2, 0.25) is 0 Å². The summed E-state index contributed by atoms with van der Waals surface area (Å²) >= 11 is 0. The monoisotopic (exact) mass is 278 g/mol. The van der Waals surface area contributed by atoms with Crippen LogP contribution in [0.5, 0.6) is 0 Å². The van der Waals surface area contributed by atoms with Crippen molar-refractivity contribution in [3.63, 3.8) is 0 Å². The van der Waals surface area contributed by atoms with E-state index in [2.05, 4.69) is 0 Å². The Hall–Kier alpha value is -2.55. The maximum absolute atomic E-state index is 12.9. The molecule has 0 spiro atoms. The van der Waals surface area contributed by atoms with Gasteiger partial charge in [-0.1, -0.05) is 18.2 Å². The van der Waals surface area contributed by atoms with Gasteiger partial charge in [0.1, 0.15) is 11.8 Å². The summed E-state index contributed by atoms with van der Waals surface area (Å²) < 4.78 is 39.1. The van der Waals surface area contributed by atoms with Crippen molar-refractivity contribution in [3.8, 4) is 6.07 Å². The van der Waals surface area contributed by atoms with Crippen LogP contribution in [0.15, 0.2) is 36.5 Å². The zero-order valence-electron chi connectivity index (χ0n) is 10.4. The molecule has 0 fully saturated rings. The van der Waals surface area contributed by atoms with Crippen LogP contribution in [0.4, 0.5) is 13.2 Å². The molecule has 0 N–H and O–H groups in total. The van der Waals surface area contributed by atoms with Gasteiger partial charge >= 0.3 is 6.18 Å². The molecule has 0 aliphatic carbocycles. The number of rotatable bonds is 1. The van der Waals surface area contributed by atoms with E-state index in [4.69, 9.17) is 5.26 Å². The standard InChI is InChI=1S/C14H9F3N2O/c1-9-4-2-3-5-11(9)13(20)19-8-10(7-18)6-12(19)14(15,16)17/h2-6,8H,1H3. The molecule has 2 rings (SSSR count). The van der Waals surface area contributed by atoms with E-state index in [1.54, 1.807) is 31.2 Å². The van der Waals surface area contributed by atoms with E-state index in [9.17, 15) is 18.0 Å². The summed E-state index contributed by atoms with van der Waals surface area (Å²) in [5, 5.41) is 8.71. The first-order valence-electron chi connectivity index (χ1n) is 5.64. The second-order valence-electron chi connectivity index (χ2n) is 4.21. The molecular formula is C14H9F3N2O. The first kappa shape index (κ1) is 13.9. The number of alkyl halides is 3. The second-order valence-corrected chi connectivity index (χ2v) is 4.21. The van der Waals surface area contributed by atoms with Gasteiger partial charge in [0.2, 0.25) is 0 Å². The van der Waals surface area contributed by atoms with E-state index < -0.39 is 17.8 Å². The number of carbonyl (C=O) groups excluding carboxylic acids is 1. The highest BCUT2D eigenvalue weighted by molar-refractivity contribution is 5.98. The van der Waals surface area contributed by atoms with Crippen molar-refractivity contribution in [1.82, 2.24) is 4.57 Å². The topological polar surface area (TPSA) is 45.8 Å². The zero-order chi connectivity index (χ0) is 14.9. The molecule has 1 aromatic carbocycles. The minimum Gasteiger partial charge on any atom is -0.277 e. The molecule has 20 heavy (non-hydrogen) atoms. The molecule has 0 bridgehead atoms. The minimum absolute atomic E-state index is 0.165. The third-order valence-corrected chi connectivity index (χ3v) is 2.83. The normalized spacial score (nSPS) is 11.2. The lowest BCUT2D eigenvalue weighted by atomic mass is 10.1. The summed E-state index contributed by atoms with van der Waals surface area (Å²) in [7, 11) is 0. The highest BCUT2D eigenvalue weighted by Crippen LogP contribution is 2.31. The smallest absolute Gasteiger partial charge is 0.277 e. The Balaban J connectivity index is 2.59. The summed E-state index contributed by atoms with van der Waals surface area (Å²) in [6.07, 6.45) is -3.80. The Morgan fingerprint density at radius 1 is 1.30 bits per heavy atom. The molecule has 0 amide bonds. The van der Waals surface area contributed by atoms with Crippen molar-refractivity contribution in [3.05, 3.63) is 58.9 Å². The predicted octanol–water partition coefficient (Wildman–Crippen LogP) is 3.38. The Morgan fingerprint density at radius 3 is 2.50 bits per heavy atom. The Bertz CT molecular complexity index is 708. The van der Waals surface area contributed by atoms with Crippen LogP contribution in [-0.4, -0.2) is 10.5 Å². The molecule has 2 aromatic rings. The van der Waals surface area contributed by atoms with E-state index in [-0.39, 0.29) is 11.1 Å². The Labute approximate surface area is 112 Å². The minimum atomic E-state index is -4.70. The van der Waals surface area contributed by atoms with Gasteiger partial charge in [0.25, 0.3) is 5.91 Å². The molecule has 0 atom stereocenters. The van der Waals surface area contributed by atoms with Gasteiger partial charge in [-0.15, -0.1) is 0 Å². The number of carbonyl (C=O) groups is 1. The van der Waals surface area contributed by atoms with E-state index in [1.165, 1.54) is 6.07 Å². The van der Waals surface area contributed by atoms with E-state index in [0.29, 0.717) is 16.2 Å². The summed E-state index contributed by atoms with van der Waals surface area (Å²) in [4.78, 5) is 12.2. The molecule has 0 radical (unpaired) electrons. The van der Waals surface area contributed by atoms with Crippen LogP contribution >= 0.6 is 0 Å². The lowest BCUT2D eigenvalue weighted by Crippen LogP contribution is -2.20. The van der Waals surface area contributed by atoms with Crippen molar-refractivity contribution in [2.75, 3.05) is 0 Å². The van der Waals surface area contributed by atoms with Crippen LogP contribution in [-0.2, 0) is 6.18 Å². The average Bonchev–Trinajstić information content (AvgIpc) is 2.82. The van der Waals surface area contributed by atoms with Gasteiger partial charge in [0.15, 0.2) is 0 Å². The molecular weight excluding hydrogens is 269 g/mol. The fourth-order valence-electron chi connectivity index (χ4n) is 1.85.